The van der Waals surface area contributed by atoms with Gasteiger partial charge in [-0.1, -0.05) is 4.73 Å². The summed E-state index contributed by atoms with van der Waals surface area (Å²) in [5.74, 6) is 0. The van der Waals surface area contributed by atoms with Crippen LogP contribution in [0.2, 0.25) is 0 Å². The molecule has 0 unspecified atom stereocenters. The number of aromatic amines is 1. The van der Waals surface area contributed by atoms with E-state index in [4.69, 9.17) is 14.4 Å². The molecule has 0 fully saturated rings. The number of halogens is 1. The Morgan fingerprint density at radius 1 is 1.58 bits per heavy atom. The smallest absolute Gasteiger partial charge is 0.0919 e. The van der Waals surface area contributed by atoms with Crippen molar-refractivity contribution in [2.75, 3.05) is 0 Å². The number of rotatable bonds is 1. The van der Waals surface area contributed by atoms with Crippen LogP contribution in [0.25, 0.3) is 0 Å². The summed E-state index contributed by atoms with van der Waals surface area (Å²) >= 11 is 0. The minimum absolute atomic E-state index is 0. The first kappa shape index (κ1) is 14.8. The molecule has 1 rings (SSSR count). The number of nitrogens with zero attached hydrogens (tertiary/aromatic N) is 1. The van der Waals surface area contributed by atoms with Crippen molar-refractivity contribution >= 4 is 37.4 Å². The van der Waals surface area contributed by atoms with Crippen LogP contribution in [0, 0.1) is 0 Å². The number of hydrogen-bond donors (Lipinski definition) is 3. The van der Waals surface area contributed by atoms with Crippen molar-refractivity contribution in [1.82, 2.24) is 9.97 Å². The monoisotopic (exact) mass is 208 g/mol. The zero-order valence-electron chi connectivity index (χ0n) is 5.22. The van der Waals surface area contributed by atoms with E-state index in [1.807, 2.05) is 0 Å². The number of phosphoric acid groups is 1. The van der Waals surface area contributed by atoms with Crippen molar-refractivity contribution < 1.29 is 23.6 Å². The standard InChI is InChI=1S/C3H4N2.FH2O4P.Na.H/c1-2-5-3-4-1;1-5-6(2,3)4;;/h1-3H,(H,4,5);(H2,2,3,4);;. The van der Waals surface area contributed by atoms with E-state index >= 15 is 0 Å². The molecule has 0 amide bonds. The maximum atomic E-state index is 10.2. The van der Waals surface area contributed by atoms with Crippen molar-refractivity contribution in [2.45, 2.75) is 0 Å². The van der Waals surface area contributed by atoms with E-state index in [-0.39, 0.29) is 29.6 Å². The van der Waals surface area contributed by atoms with Gasteiger partial charge in [-0.05, 0) is 4.53 Å². The van der Waals surface area contributed by atoms with Crippen LogP contribution >= 0.6 is 7.82 Å². The third kappa shape index (κ3) is 12.9. The van der Waals surface area contributed by atoms with Crippen molar-refractivity contribution in [3.05, 3.63) is 18.7 Å². The van der Waals surface area contributed by atoms with E-state index in [0.29, 0.717) is 0 Å². The van der Waals surface area contributed by atoms with Gasteiger partial charge in [0.05, 0.1) is 6.33 Å². The SMILES string of the molecule is O=P(O)(O)OF.[NaH].c1c[nH]cn1. The molecule has 0 aliphatic heterocycles. The van der Waals surface area contributed by atoms with Crippen molar-refractivity contribution in [2.24, 2.45) is 0 Å². The molecule has 0 aliphatic rings. The van der Waals surface area contributed by atoms with Gasteiger partial charge in [0.25, 0.3) is 0 Å². The van der Waals surface area contributed by atoms with Gasteiger partial charge in [-0.25, -0.2) is 9.55 Å². The second kappa shape index (κ2) is 7.88. The van der Waals surface area contributed by atoms with Crippen molar-refractivity contribution in [1.29, 1.82) is 0 Å². The molecular formula is C3H7FN2NaO4P. The van der Waals surface area contributed by atoms with Crippen LogP contribution in [0.4, 0.5) is 4.53 Å². The zero-order chi connectivity index (χ0) is 8.74. The van der Waals surface area contributed by atoms with E-state index < -0.39 is 7.82 Å². The molecule has 0 spiro atoms. The summed E-state index contributed by atoms with van der Waals surface area (Å²) in [6, 6.07) is 0. The number of imidazole rings is 1. The molecule has 0 bridgehead atoms. The molecule has 1 heterocycles. The summed E-state index contributed by atoms with van der Waals surface area (Å²) in [7, 11) is -4.81. The van der Waals surface area contributed by atoms with Gasteiger partial charge in [0.1, 0.15) is 0 Å². The van der Waals surface area contributed by atoms with Crippen LogP contribution in [0.1, 0.15) is 0 Å². The van der Waals surface area contributed by atoms with E-state index in [0.717, 1.165) is 0 Å². The Kier molecular flexibility index (Phi) is 9.69. The Morgan fingerprint density at radius 3 is 2.17 bits per heavy atom. The van der Waals surface area contributed by atoms with Crippen LogP contribution in [0.15, 0.2) is 18.7 Å². The first-order chi connectivity index (χ1) is 5.06. The predicted octanol–water partition coefficient (Wildman–Crippen LogP) is -0.259. The Hall–Kier alpha value is 0.250. The van der Waals surface area contributed by atoms with Crippen LogP contribution in [0.5, 0.6) is 0 Å². The molecular weight excluding hydrogens is 201 g/mol. The zero-order valence-corrected chi connectivity index (χ0v) is 6.11. The molecule has 9 heteroatoms. The molecule has 0 saturated heterocycles. The maximum Gasteiger partial charge on any atom is 0.0919 e. The molecule has 0 radical (unpaired) electrons. The summed E-state index contributed by atoms with van der Waals surface area (Å²) in [6.07, 6.45) is 5.08. The second-order valence-electron chi connectivity index (χ2n) is 1.32. The van der Waals surface area contributed by atoms with Crippen molar-refractivity contribution in [3.8, 4) is 0 Å². The summed E-state index contributed by atoms with van der Waals surface area (Å²) in [5.41, 5.74) is 0. The van der Waals surface area contributed by atoms with Gasteiger partial charge in [-0.2, -0.15) is 0 Å². The van der Waals surface area contributed by atoms with E-state index in [9.17, 15) is 4.53 Å². The number of hydrogen-bond acceptors (Lipinski definition) is 3. The first-order valence-corrected chi connectivity index (χ1v) is 3.88. The van der Waals surface area contributed by atoms with Crippen LogP contribution in [-0.2, 0) is 9.29 Å². The molecule has 1 aromatic heterocycles. The summed E-state index contributed by atoms with van der Waals surface area (Å²) in [5, 5.41) is 0. The largest absolute Gasteiger partial charge is 0.351 e. The molecule has 12 heavy (non-hydrogen) atoms. The third-order valence-corrected chi connectivity index (χ3v) is 0.676. The second-order valence-corrected chi connectivity index (χ2v) is 2.44. The first-order valence-electron chi connectivity index (χ1n) is 2.35. The minimum Gasteiger partial charge on any atom is -0.351 e. The molecule has 6 nitrogen and oxygen atoms in total. The Balaban J connectivity index is 0. The van der Waals surface area contributed by atoms with Crippen molar-refractivity contribution in [3.63, 3.8) is 0 Å². The van der Waals surface area contributed by atoms with Gasteiger partial charge < -0.3 is 14.8 Å². The molecule has 0 aromatic carbocycles. The number of aromatic nitrogens is 2. The fourth-order valence-electron chi connectivity index (χ4n) is 0.215. The number of H-pyrrole nitrogens is 1. The average Bonchev–Trinajstić information content (AvgIpc) is 2.41. The van der Waals surface area contributed by atoms with Gasteiger partial charge in [0.2, 0.25) is 0 Å². The van der Waals surface area contributed by atoms with Crippen LogP contribution in [0.3, 0.4) is 0 Å². The summed E-state index contributed by atoms with van der Waals surface area (Å²) < 4.78 is 21.4. The van der Waals surface area contributed by atoms with E-state index in [1.54, 1.807) is 18.7 Å². The normalized spacial score (nSPS) is 9.25. The molecule has 0 saturated carbocycles. The van der Waals surface area contributed by atoms with Gasteiger partial charge >= 0.3 is 37.4 Å². The minimum atomic E-state index is -4.81. The summed E-state index contributed by atoms with van der Waals surface area (Å²) in [6.45, 7) is 0. The van der Waals surface area contributed by atoms with Gasteiger partial charge in [0, 0.05) is 12.4 Å². The van der Waals surface area contributed by atoms with Gasteiger partial charge in [-0.15, -0.1) is 0 Å². The average molecular weight is 208 g/mol. The predicted molar refractivity (Wildman–Crippen MR) is 40.0 cm³/mol. The fourth-order valence-corrected chi connectivity index (χ4v) is 0.215. The summed E-state index contributed by atoms with van der Waals surface area (Å²) in [4.78, 5) is 21.1. The quantitative estimate of drug-likeness (QED) is 0.436. The molecule has 3 N–H and O–H groups in total. The Morgan fingerprint density at radius 2 is 2.08 bits per heavy atom. The number of nitrogens with one attached hydrogen (secondary N) is 1. The molecule has 0 aliphatic carbocycles. The van der Waals surface area contributed by atoms with Crippen LogP contribution in [-0.4, -0.2) is 49.3 Å². The van der Waals surface area contributed by atoms with Gasteiger partial charge in [-0.3, -0.25) is 0 Å². The topological polar surface area (TPSA) is 95.4 Å². The fraction of sp³-hybridized carbons (Fsp3) is 0. The molecule has 1 aromatic rings. The van der Waals surface area contributed by atoms with Gasteiger partial charge in [0.15, 0.2) is 0 Å². The van der Waals surface area contributed by atoms with Crippen LogP contribution < -0.4 is 0 Å². The Labute approximate surface area is 89.6 Å². The molecule has 66 valence electrons. The van der Waals surface area contributed by atoms with E-state index in [1.165, 1.54) is 0 Å². The Bertz CT molecular complexity index is 197. The van der Waals surface area contributed by atoms with E-state index in [2.05, 4.69) is 14.7 Å². The molecule has 0 atom stereocenters. The third-order valence-electron chi connectivity index (χ3n) is 0.496. The maximum absolute atomic E-state index is 10.2.